The molecule has 0 bridgehead atoms. The second-order valence-electron chi connectivity index (χ2n) is 7.98. The van der Waals surface area contributed by atoms with Crippen LogP contribution < -0.4 is 19.5 Å². The molecule has 0 radical (unpaired) electrons. The molecule has 2 atom stereocenters. The van der Waals surface area contributed by atoms with Crippen molar-refractivity contribution in [3.63, 3.8) is 0 Å². The molecule has 0 saturated carbocycles. The highest BCUT2D eigenvalue weighted by molar-refractivity contribution is 7.89. The number of carbonyl (C=O) groups is 1. The number of sulfonamides is 1. The second kappa shape index (κ2) is 12.7. The van der Waals surface area contributed by atoms with Crippen LogP contribution in [0.1, 0.15) is 44.9 Å². The quantitative estimate of drug-likeness (QED) is 0.476. The Morgan fingerprint density at radius 3 is 2.35 bits per heavy atom. The fourth-order valence-electron chi connectivity index (χ4n) is 3.01. The van der Waals surface area contributed by atoms with Gasteiger partial charge in [0.05, 0.1) is 18.9 Å². The first kappa shape index (κ1) is 27.5. The van der Waals surface area contributed by atoms with Gasteiger partial charge in [-0.1, -0.05) is 43.4 Å². The summed E-state index contributed by atoms with van der Waals surface area (Å²) in [6.45, 7) is 7.09. The number of methoxy groups -OCH3 is 1. The molecule has 34 heavy (non-hydrogen) atoms. The number of halogens is 1. The van der Waals surface area contributed by atoms with Crippen LogP contribution in [0.2, 0.25) is 5.02 Å². The summed E-state index contributed by atoms with van der Waals surface area (Å²) in [5, 5.41) is 3.53. The molecule has 0 aliphatic heterocycles. The Kier molecular flexibility index (Phi) is 10.2. The van der Waals surface area contributed by atoms with Crippen molar-refractivity contribution >= 4 is 27.5 Å². The molecule has 2 aromatic rings. The van der Waals surface area contributed by atoms with Gasteiger partial charge in [0, 0.05) is 10.6 Å². The van der Waals surface area contributed by atoms with E-state index in [1.165, 1.54) is 14.0 Å². The number of amides is 1. The van der Waals surface area contributed by atoms with Crippen molar-refractivity contribution in [1.29, 1.82) is 0 Å². The van der Waals surface area contributed by atoms with E-state index in [1.807, 2.05) is 25.1 Å². The maximum absolute atomic E-state index is 12.8. The lowest BCUT2D eigenvalue weighted by molar-refractivity contribution is -0.124. The summed E-state index contributed by atoms with van der Waals surface area (Å²) in [4.78, 5) is 12.8. The Bertz CT molecular complexity index is 1140. The predicted octanol–water partition coefficient (Wildman–Crippen LogP) is 3.92. The Morgan fingerprint density at radius 1 is 1.09 bits per heavy atom. The fourth-order valence-corrected chi connectivity index (χ4v) is 4.07. The van der Waals surface area contributed by atoms with Gasteiger partial charge in [-0.3, -0.25) is 4.79 Å². The molecule has 0 aliphatic carbocycles. The Hall–Kier alpha value is -2.73. The minimum Gasteiger partial charge on any atom is -0.493 e. The molecule has 184 valence electrons. The highest BCUT2D eigenvalue weighted by Crippen LogP contribution is 2.30. The monoisotopic (exact) mass is 506 g/mol. The van der Waals surface area contributed by atoms with Gasteiger partial charge in [0.15, 0.2) is 11.5 Å². The first-order chi connectivity index (χ1) is 16.1. The van der Waals surface area contributed by atoms with Gasteiger partial charge < -0.3 is 14.8 Å². The topological polar surface area (TPSA) is 93.7 Å². The lowest BCUT2D eigenvalue weighted by atomic mass is 10.0. The van der Waals surface area contributed by atoms with Gasteiger partial charge >= 0.3 is 0 Å². The molecule has 2 N–H and O–H groups in total. The van der Waals surface area contributed by atoms with Gasteiger partial charge in [-0.05, 0) is 61.7 Å². The number of carbonyl (C=O) groups excluding carboxylic acids is 1. The second-order valence-corrected chi connectivity index (χ2v) is 10.5. The standard InChI is InChI=1S/C25H31ClN2O5S/c1-6-34(30,31)28-24(17(2)3)25(29)27-18(4)20-11-14-22(23(16-20)32-5)33-15-7-8-19-9-12-21(26)13-10-19/h9-14,16-18,24,28H,6,15H2,1-5H3,(H,27,29). The highest BCUT2D eigenvalue weighted by atomic mass is 35.5. The lowest BCUT2D eigenvalue weighted by Gasteiger charge is -2.24. The Morgan fingerprint density at radius 2 is 1.76 bits per heavy atom. The molecule has 2 unspecified atom stereocenters. The van der Waals surface area contributed by atoms with Crippen molar-refractivity contribution < 1.29 is 22.7 Å². The van der Waals surface area contributed by atoms with Gasteiger partial charge in [0.25, 0.3) is 0 Å². The van der Waals surface area contributed by atoms with Crippen LogP contribution in [-0.2, 0) is 14.8 Å². The lowest BCUT2D eigenvalue weighted by Crippen LogP contribution is -2.50. The zero-order valence-corrected chi connectivity index (χ0v) is 21.6. The summed E-state index contributed by atoms with van der Waals surface area (Å²) in [6, 6.07) is 11.3. The molecule has 0 aliphatic rings. The van der Waals surface area contributed by atoms with E-state index in [1.54, 1.807) is 38.1 Å². The van der Waals surface area contributed by atoms with Crippen molar-refractivity contribution in [1.82, 2.24) is 10.0 Å². The van der Waals surface area contributed by atoms with Gasteiger partial charge in [-0.2, -0.15) is 0 Å². The largest absolute Gasteiger partial charge is 0.493 e. The maximum atomic E-state index is 12.8. The van der Waals surface area contributed by atoms with Crippen LogP contribution in [0.3, 0.4) is 0 Å². The van der Waals surface area contributed by atoms with Gasteiger partial charge in [-0.15, -0.1) is 0 Å². The van der Waals surface area contributed by atoms with Crippen molar-refractivity contribution in [3.05, 3.63) is 58.6 Å². The van der Waals surface area contributed by atoms with Crippen LogP contribution in [0.15, 0.2) is 42.5 Å². The van der Waals surface area contributed by atoms with E-state index in [2.05, 4.69) is 21.9 Å². The average Bonchev–Trinajstić information content (AvgIpc) is 2.81. The third kappa shape index (κ3) is 8.24. The molecule has 0 aromatic heterocycles. The van der Waals surface area contributed by atoms with Crippen LogP contribution >= 0.6 is 11.6 Å². The SMILES string of the molecule is CCS(=O)(=O)NC(C(=O)NC(C)c1ccc(OCC#Cc2ccc(Cl)cc2)c(OC)c1)C(C)C. The van der Waals surface area contributed by atoms with E-state index >= 15 is 0 Å². The summed E-state index contributed by atoms with van der Waals surface area (Å²) in [6.07, 6.45) is 0. The number of nitrogens with one attached hydrogen (secondary N) is 2. The summed E-state index contributed by atoms with van der Waals surface area (Å²) < 4.78 is 37.6. The summed E-state index contributed by atoms with van der Waals surface area (Å²) in [7, 11) is -1.99. The fraction of sp³-hybridized carbons (Fsp3) is 0.400. The van der Waals surface area contributed by atoms with Gasteiger partial charge in [-0.25, -0.2) is 13.1 Å². The smallest absolute Gasteiger partial charge is 0.238 e. The van der Waals surface area contributed by atoms with E-state index < -0.39 is 22.0 Å². The first-order valence-electron chi connectivity index (χ1n) is 10.9. The Balaban J connectivity index is 2.05. The van der Waals surface area contributed by atoms with Gasteiger partial charge in [0.1, 0.15) is 12.6 Å². The van der Waals surface area contributed by atoms with E-state index in [0.29, 0.717) is 16.5 Å². The van der Waals surface area contributed by atoms with Crippen molar-refractivity contribution in [3.8, 4) is 23.3 Å². The number of hydrogen-bond acceptors (Lipinski definition) is 5. The average molecular weight is 507 g/mol. The Labute approximate surface area is 207 Å². The van der Waals surface area contributed by atoms with E-state index in [9.17, 15) is 13.2 Å². The molecule has 9 heteroatoms. The summed E-state index contributed by atoms with van der Waals surface area (Å²) >= 11 is 5.87. The van der Waals surface area contributed by atoms with E-state index in [-0.39, 0.29) is 24.3 Å². The van der Waals surface area contributed by atoms with Crippen LogP contribution in [0.5, 0.6) is 11.5 Å². The number of hydrogen-bond donors (Lipinski definition) is 2. The third-order valence-corrected chi connectivity index (χ3v) is 6.68. The molecule has 0 fully saturated rings. The molecular formula is C25H31ClN2O5S. The van der Waals surface area contributed by atoms with E-state index in [0.717, 1.165) is 11.1 Å². The summed E-state index contributed by atoms with van der Waals surface area (Å²) in [5.74, 6) is 6.26. The summed E-state index contributed by atoms with van der Waals surface area (Å²) in [5.41, 5.74) is 1.62. The predicted molar refractivity (Wildman–Crippen MR) is 135 cm³/mol. The molecule has 7 nitrogen and oxygen atoms in total. The van der Waals surface area contributed by atoms with Crippen molar-refractivity contribution in [2.24, 2.45) is 5.92 Å². The molecule has 0 spiro atoms. The van der Waals surface area contributed by atoms with Crippen LogP contribution in [0, 0.1) is 17.8 Å². The van der Waals surface area contributed by atoms with E-state index in [4.69, 9.17) is 21.1 Å². The minimum atomic E-state index is -3.52. The first-order valence-corrected chi connectivity index (χ1v) is 12.9. The molecule has 1 amide bonds. The molecule has 2 aromatic carbocycles. The van der Waals surface area contributed by atoms with Crippen LogP contribution in [0.4, 0.5) is 0 Å². The minimum absolute atomic E-state index is 0.0954. The third-order valence-electron chi connectivity index (χ3n) is 5.06. The van der Waals surface area contributed by atoms with Crippen molar-refractivity contribution in [2.45, 2.75) is 39.8 Å². The zero-order valence-electron chi connectivity index (χ0n) is 20.0. The number of rotatable bonds is 10. The maximum Gasteiger partial charge on any atom is 0.238 e. The molecule has 2 rings (SSSR count). The van der Waals surface area contributed by atoms with Crippen LogP contribution in [-0.4, -0.2) is 39.8 Å². The molecule has 0 saturated heterocycles. The molecule has 0 heterocycles. The van der Waals surface area contributed by atoms with Crippen molar-refractivity contribution in [2.75, 3.05) is 19.5 Å². The normalized spacial score (nSPS) is 12.9. The van der Waals surface area contributed by atoms with Gasteiger partial charge in [0.2, 0.25) is 15.9 Å². The number of benzene rings is 2. The van der Waals surface area contributed by atoms with Crippen LogP contribution in [0.25, 0.3) is 0 Å². The molecular weight excluding hydrogens is 476 g/mol. The highest BCUT2D eigenvalue weighted by Gasteiger charge is 2.27. The zero-order chi connectivity index (χ0) is 25.3. The number of ether oxygens (including phenoxy) is 2.